The van der Waals surface area contributed by atoms with E-state index in [0.29, 0.717) is 26.7 Å². The predicted molar refractivity (Wildman–Crippen MR) is 63.8 cm³/mol. The minimum absolute atomic E-state index is 0.142. The van der Waals surface area contributed by atoms with Gasteiger partial charge in [-0.25, -0.2) is 9.18 Å². The van der Waals surface area contributed by atoms with Gasteiger partial charge in [-0.05, 0) is 25.1 Å². The van der Waals surface area contributed by atoms with Crippen molar-refractivity contribution >= 4 is 40.9 Å². The van der Waals surface area contributed by atoms with Gasteiger partial charge in [0.25, 0.3) is 0 Å². The van der Waals surface area contributed by atoms with Gasteiger partial charge in [0.05, 0.1) is 11.6 Å². The second-order valence-electron chi connectivity index (χ2n) is 2.76. The molecule has 0 aliphatic rings. The average Bonchev–Trinajstić information content (AvgIpc) is 2.23. The molecule has 0 fully saturated rings. The van der Waals surface area contributed by atoms with Crippen LogP contribution in [-0.4, -0.2) is 18.1 Å². The van der Waals surface area contributed by atoms with E-state index in [1.165, 1.54) is 6.07 Å². The molecule has 0 heterocycles. The number of carbonyl (C=O) groups excluding carboxylic acids is 1. The summed E-state index contributed by atoms with van der Waals surface area (Å²) in [7, 11) is 0. The molecule has 0 saturated carbocycles. The third-order valence-corrected chi connectivity index (χ3v) is 3.26. The van der Waals surface area contributed by atoms with Crippen LogP contribution in [0.15, 0.2) is 23.1 Å². The van der Waals surface area contributed by atoms with E-state index in [9.17, 15) is 9.18 Å². The summed E-state index contributed by atoms with van der Waals surface area (Å²) in [5, 5.41) is 0.782. The SMILES string of the molecule is CCOC(=O)C(F)Sc1cc(Cl)ccc1Cl. The summed E-state index contributed by atoms with van der Waals surface area (Å²) in [5.74, 6) is -0.913. The van der Waals surface area contributed by atoms with E-state index >= 15 is 0 Å². The summed E-state index contributed by atoms with van der Waals surface area (Å²) in [6.45, 7) is 1.75. The molecule has 6 heteroatoms. The molecule has 1 atom stereocenters. The average molecular weight is 283 g/mol. The Morgan fingerprint density at radius 2 is 2.25 bits per heavy atom. The summed E-state index contributed by atoms with van der Waals surface area (Å²) in [4.78, 5) is 11.5. The minimum atomic E-state index is -1.80. The monoisotopic (exact) mass is 282 g/mol. The first-order valence-corrected chi connectivity index (χ1v) is 6.10. The van der Waals surface area contributed by atoms with Crippen molar-refractivity contribution in [1.29, 1.82) is 0 Å². The van der Waals surface area contributed by atoms with Crippen molar-refractivity contribution in [3.8, 4) is 0 Å². The van der Waals surface area contributed by atoms with Gasteiger partial charge in [0.15, 0.2) is 0 Å². The number of hydrogen-bond donors (Lipinski definition) is 0. The largest absolute Gasteiger partial charge is 0.463 e. The molecule has 1 unspecified atom stereocenters. The number of benzene rings is 1. The summed E-state index contributed by atoms with van der Waals surface area (Å²) in [6, 6.07) is 4.63. The number of ether oxygens (including phenoxy) is 1. The minimum Gasteiger partial charge on any atom is -0.463 e. The maximum atomic E-state index is 13.4. The van der Waals surface area contributed by atoms with Gasteiger partial charge < -0.3 is 4.74 Å². The smallest absolute Gasteiger partial charge is 0.351 e. The molecule has 88 valence electrons. The lowest BCUT2D eigenvalue weighted by atomic mass is 10.4. The van der Waals surface area contributed by atoms with E-state index in [0.717, 1.165) is 0 Å². The number of thioether (sulfide) groups is 1. The molecule has 0 saturated heterocycles. The highest BCUT2D eigenvalue weighted by atomic mass is 35.5. The van der Waals surface area contributed by atoms with E-state index < -0.39 is 11.5 Å². The van der Waals surface area contributed by atoms with Crippen molar-refractivity contribution in [2.75, 3.05) is 6.61 Å². The van der Waals surface area contributed by atoms with Crippen LogP contribution in [0, 0.1) is 0 Å². The molecule has 0 aliphatic heterocycles. The van der Waals surface area contributed by atoms with Gasteiger partial charge >= 0.3 is 5.97 Å². The fourth-order valence-electron chi connectivity index (χ4n) is 0.935. The lowest BCUT2D eigenvalue weighted by Gasteiger charge is -2.08. The Hall–Kier alpha value is -0.450. The molecular formula is C10H9Cl2FO2S. The van der Waals surface area contributed by atoms with E-state index in [1.807, 2.05) is 0 Å². The molecule has 0 N–H and O–H groups in total. The van der Waals surface area contributed by atoms with Crippen LogP contribution in [0.4, 0.5) is 4.39 Å². The van der Waals surface area contributed by atoms with Crippen LogP contribution in [0.25, 0.3) is 0 Å². The third-order valence-electron chi connectivity index (χ3n) is 1.60. The van der Waals surface area contributed by atoms with Crippen LogP contribution >= 0.6 is 35.0 Å². The highest BCUT2D eigenvalue weighted by molar-refractivity contribution is 8.00. The zero-order valence-corrected chi connectivity index (χ0v) is 10.7. The first kappa shape index (κ1) is 13.6. The van der Waals surface area contributed by atoms with E-state index in [4.69, 9.17) is 23.2 Å². The topological polar surface area (TPSA) is 26.3 Å². The molecule has 0 amide bonds. The Morgan fingerprint density at radius 1 is 1.56 bits per heavy atom. The maximum absolute atomic E-state index is 13.4. The second kappa shape index (κ2) is 6.33. The first-order valence-electron chi connectivity index (χ1n) is 4.47. The molecule has 0 bridgehead atoms. The number of esters is 1. The summed E-state index contributed by atoms with van der Waals surface area (Å²) in [6.07, 6.45) is 0. The normalized spacial score (nSPS) is 12.2. The Morgan fingerprint density at radius 3 is 2.88 bits per heavy atom. The van der Waals surface area contributed by atoms with Gasteiger partial charge in [-0.1, -0.05) is 35.0 Å². The molecule has 0 spiro atoms. The van der Waals surface area contributed by atoms with Crippen LogP contribution in [0.5, 0.6) is 0 Å². The molecule has 0 radical (unpaired) electrons. The zero-order valence-electron chi connectivity index (χ0n) is 8.38. The van der Waals surface area contributed by atoms with Crippen molar-refractivity contribution in [1.82, 2.24) is 0 Å². The van der Waals surface area contributed by atoms with Gasteiger partial charge in [0, 0.05) is 9.92 Å². The lowest BCUT2D eigenvalue weighted by Crippen LogP contribution is -2.15. The van der Waals surface area contributed by atoms with Gasteiger partial charge in [-0.2, -0.15) is 0 Å². The predicted octanol–water partition coefficient (Wildman–Crippen LogP) is 3.94. The van der Waals surface area contributed by atoms with E-state index in [2.05, 4.69) is 4.74 Å². The maximum Gasteiger partial charge on any atom is 0.351 e. The number of rotatable bonds is 4. The Bertz CT molecular complexity index is 387. The molecule has 2 nitrogen and oxygen atoms in total. The molecule has 1 aromatic carbocycles. The Kier molecular flexibility index (Phi) is 5.38. The van der Waals surface area contributed by atoms with E-state index in [-0.39, 0.29) is 6.61 Å². The number of carbonyl (C=O) groups is 1. The van der Waals surface area contributed by atoms with Crippen molar-refractivity contribution in [2.45, 2.75) is 17.3 Å². The van der Waals surface area contributed by atoms with Gasteiger partial charge in [-0.15, -0.1) is 0 Å². The van der Waals surface area contributed by atoms with Gasteiger partial charge in [0.2, 0.25) is 5.50 Å². The summed E-state index contributed by atoms with van der Waals surface area (Å²) < 4.78 is 17.9. The first-order chi connectivity index (χ1) is 7.54. The quantitative estimate of drug-likeness (QED) is 0.618. The van der Waals surface area contributed by atoms with Crippen LogP contribution in [-0.2, 0) is 9.53 Å². The number of alkyl halides is 1. The van der Waals surface area contributed by atoms with E-state index in [1.54, 1.807) is 19.1 Å². The zero-order chi connectivity index (χ0) is 12.1. The number of halogens is 3. The molecule has 1 rings (SSSR count). The molecule has 0 aliphatic carbocycles. The van der Waals surface area contributed by atoms with Crippen LogP contribution in [0.1, 0.15) is 6.92 Å². The van der Waals surface area contributed by atoms with Crippen molar-refractivity contribution in [3.63, 3.8) is 0 Å². The fourth-order valence-corrected chi connectivity index (χ4v) is 2.19. The van der Waals surface area contributed by atoms with Crippen LogP contribution in [0.2, 0.25) is 10.0 Å². The van der Waals surface area contributed by atoms with Crippen LogP contribution < -0.4 is 0 Å². The van der Waals surface area contributed by atoms with Gasteiger partial charge in [0.1, 0.15) is 0 Å². The van der Waals surface area contributed by atoms with Crippen molar-refractivity contribution in [2.24, 2.45) is 0 Å². The Labute approximate surface area is 107 Å². The molecule has 16 heavy (non-hydrogen) atoms. The molecule has 0 aromatic heterocycles. The Balaban J connectivity index is 2.72. The van der Waals surface area contributed by atoms with Crippen LogP contribution in [0.3, 0.4) is 0 Å². The van der Waals surface area contributed by atoms with Crippen molar-refractivity contribution < 1.29 is 13.9 Å². The highest BCUT2D eigenvalue weighted by Gasteiger charge is 2.21. The summed E-state index contributed by atoms with van der Waals surface area (Å²) >= 11 is 12.2. The summed E-state index contributed by atoms with van der Waals surface area (Å²) in [5.41, 5.74) is -1.80. The fraction of sp³-hybridized carbons (Fsp3) is 0.300. The standard InChI is InChI=1S/C10H9Cl2FO2S/c1-2-15-10(14)9(13)16-8-5-6(11)3-4-7(8)12/h3-5,9H,2H2,1H3. The van der Waals surface area contributed by atoms with Gasteiger partial charge in [-0.3, -0.25) is 0 Å². The second-order valence-corrected chi connectivity index (χ2v) is 4.69. The molecule has 1 aromatic rings. The number of hydrogen-bond acceptors (Lipinski definition) is 3. The molecular weight excluding hydrogens is 274 g/mol. The highest BCUT2D eigenvalue weighted by Crippen LogP contribution is 2.33. The third kappa shape index (κ3) is 3.85. The van der Waals surface area contributed by atoms with Crippen molar-refractivity contribution in [3.05, 3.63) is 28.2 Å². The lowest BCUT2D eigenvalue weighted by molar-refractivity contribution is -0.145.